The quantitative estimate of drug-likeness (QED) is 0.808. The fourth-order valence-electron chi connectivity index (χ4n) is 1.45. The van der Waals surface area contributed by atoms with Crippen molar-refractivity contribution in [2.45, 2.75) is 5.22 Å². The topological polar surface area (TPSA) is 94.7 Å². The Balaban J connectivity index is 2.24. The van der Waals surface area contributed by atoms with Gasteiger partial charge in [0, 0.05) is 11.6 Å². The highest BCUT2D eigenvalue weighted by Gasteiger charge is 2.12. The van der Waals surface area contributed by atoms with Crippen molar-refractivity contribution in [2.24, 2.45) is 0 Å². The van der Waals surface area contributed by atoms with Crippen LogP contribution in [0.25, 0.3) is 11.4 Å². The Labute approximate surface area is 118 Å². The molecule has 0 unspecified atom stereocenters. The summed E-state index contributed by atoms with van der Waals surface area (Å²) in [7, 11) is 3.09. The van der Waals surface area contributed by atoms with Gasteiger partial charge in [0.25, 0.3) is 5.22 Å². The Hall–Kier alpha value is -2.22. The van der Waals surface area contributed by atoms with Crippen molar-refractivity contribution in [3.8, 4) is 22.9 Å². The summed E-state index contributed by atoms with van der Waals surface area (Å²) in [5, 5.41) is 12.6. The average Bonchev–Trinajstić information content (AvgIpc) is 2.93. The van der Waals surface area contributed by atoms with E-state index in [0.29, 0.717) is 22.9 Å². The highest BCUT2D eigenvalue weighted by atomic mass is 32.2. The van der Waals surface area contributed by atoms with Crippen LogP contribution in [0.5, 0.6) is 11.5 Å². The van der Waals surface area contributed by atoms with Gasteiger partial charge in [0.15, 0.2) is 0 Å². The lowest BCUT2D eigenvalue weighted by molar-refractivity contribution is -0.133. The molecule has 1 heterocycles. The van der Waals surface area contributed by atoms with Gasteiger partial charge in [0.2, 0.25) is 5.82 Å². The molecule has 0 saturated heterocycles. The fraction of sp³-hybridized carbons (Fsp3) is 0.250. The molecule has 0 radical (unpaired) electrons. The molecular formula is C12H12N2O5S. The van der Waals surface area contributed by atoms with E-state index < -0.39 is 5.97 Å². The first kappa shape index (κ1) is 14.2. The maximum absolute atomic E-state index is 10.5. The van der Waals surface area contributed by atoms with Crippen LogP contribution in [-0.4, -0.2) is 41.2 Å². The lowest BCUT2D eigenvalue weighted by atomic mass is 10.2. The number of aliphatic carboxylic acids is 1. The van der Waals surface area contributed by atoms with Crippen LogP contribution >= 0.6 is 11.8 Å². The first-order valence-electron chi connectivity index (χ1n) is 5.54. The minimum Gasteiger partial charge on any atom is -0.497 e. The van der Waals surface area contributed by atoms with Crippen LogP contribution in [0.3, 0.4) is 0 Å². The standard InChI is InChI=1S/C12H12N2O5S/c1-17-8-3-7(4-9(5-8)18-2)11-13-12(19-14-11)20-6-10(15)16/h3-5H,6H2,1-2H3,(H,15,16). The van der Waals surface area contributed by atoms with Gasteiger partial charge in [-0.1, -0.05) is 16.9 Å². The number of carbonyl (C=O) groups is 1. The summed E-state index contributed by atoms with van der Waals surface area (Å²) in [6.45, 7) is 0. The summed E-state index contributed by atoms with van der Waals surface area (Å²) in [5.74, 6) is 0.462. The number of hydrogen-bond acceptors (Lipinski definition) is 7. The molecule has 0 aliphatic rings. The van der Waals surface area contributed by atoms with Crippen molar-refractivity contribution in [3.63, 3.8) is 0 Å². The van der Waals surface area contributed by atoms with Gasteiger partial charge in [-0.05, 0) is 12.1 Å². The van der Waals surface area contributed by atoms with Crippen LogP contribution < -0.4 is 9.47 Å². The molecule has 0 aliphatic carbocycles. The number of carboxylic acid groups (broad SMARTS) is 1. The summed E-state index contributed by atoms with van der Waals surface area (Å²) in [6.07, 6.45) is 0. The van der Waals surface area contributed by atoms with Gasteiger partial charge in [0.05, 0.1) is 14.2 Å². The molecule has 106 valence electrons. The van der Waals surface area contributed by atoms with Crippen LogP contribution in [0.15, 0.2) is 27.9 Å². The molecule has 2 rings (SSSR count). The second-order valence-corrected chi connectivity index (χ2v) is 4.59. The van der Waals surface area contributed by atoms with E-state index in [2.05, 4.69) is 10.1 Å². The van der Waals surface area contributed by atoms with Crippen LogP contribution in [0, 0.1) is 0 Å². The number of carboxylic acids is 1. The Morgan fingerprint density at radius 3 is 2.50 bits per heavy atom. The Morgan fingerprint density at radius 2 is 1.95 bits per heavy atom. The van der Waals surface area contributed by atoms with E-state index in [1.807, 2.05) is 0 Å². The third kappa shape index (κ3) is 3.41. The molecule has 1 N–H and O–H groups in total. The number of nitrogens with zero attached hydrogens (tertiary/aromatic N) is 2. The van der Waals surface area contributed by atoms with Gasteiger partial charge >= 0.3 is 5.97 Å². The van der Waals surface area contributed by atoms with Crippen molar-refractivity contribution in [2.75, 3.05) is 20.0 Å². The zero-order chi connectivity index (χ0) is 14.5. The van der Waals surface area contributed by atoms with Crippen molar-refractivity contribution in [1.29, 1.82) is 0 Å². The Bertz CT molecular complexity index is 591. The van der Waals surface area contributed by atoms with Gasteiger partial charge in [0.1, 0.15) is 17.3 Å². The molecule has 2 aromatic rings. The predicted octanol–water partition coefficient (Wildman–Crippen LogP) is 1.93. The maximum Gasteiger partial charge on any atom is 0.314 e. The number of benzene rings is 1. The highest BCUT2D eigenvalue weighted by molar-refractivity contribution is 7.99. The largest absolute Gasteiger partial charge is 0.497 e. The zero-order valence-corrected chi connectivity index (χ0v) is 11.6. The number of aromatic nitrogens is 2. The number of methoxy groups -OCH3 is 2. The van der Waals surface area contributed by atoms with Crippen molar-refractivity contribution < 1.29 is 23.9 Å². The fourth-order valence-corrected chi connectivity index (χ4v) is 1.93. The van der Waals surface area contributed by atoms with Crippen molar-refractivity contribution in [1.82, 2.24) is 10.1 Å². The van der Waals surface area contributed by atoms with Gasteiger partial charge in [-0.2, -0.15) is 4.98 Å². The predicted molar refractivity (Wildman–Crippen MR) is 71.2 cm³/mol. The number of thioether (sulfide) groups is 1. The second-order valence-electron chi connectivity index (χ2n) is 3.67. The lowest BCUT2D eigenvalue weighted by Gasteiger charge is -2.05. The zero-order valence-electron chi connectivity index (χ0n) is 10.8. The minimum absolute atomic E-state index is 0.136. The van der Waals surface area contributed by atoms with Crippen LogP contribution in [0.1, 0.15) is 0 Å². The SMILES string of the molecule is COc1cc(OC)cc(-c2noc(SCC(=O)O)n2)c1. The first-order valence-corrected chi connectivity index (χ1v) is 6.52. The molecule has 0 fully saturated rings. The summed E-state index contributed by atoms with van der Waals surface area (Å²) in [4.78, 5) is 14.6. The van der Waals surface area contributed by atoms with E-state index in [9.17, 15) is 4.79 Å². The first-order chi connectivity index (χ1) is 9.62. The third-order valence-corrected chi connectivity index (χ3v) is 3.14. The van der Waals surface area contributed by atoms with E-state index in [0.717, 1.165) is 11.8 Å². The molecule has 1 aromatic heterocycles. The smallest absolute Gasteiger partial charge is 0.314 e. The number of hydrogen-bond donors (Lipinski definition) is 1. The van der Waals surface area contributed by atoms with Crippen LogP contribution in [-0.2, 0) is 4.79 Å². The Kier molecular flexibility index (Phi) is 4.46. The lowest BCUT2D eigenvalue weighted by Crippen LogP contribution is -1.97. The molecule has 1 aromatic carbocycles. The molecule has 0 atom stereocenters. The summed E-state index contributed by atoms with van der Waals surface area (Å²) >= 11 is 0.962. The van der Waals surface area contributed by atoms with Crippen LogP contribution in [0.4, 0.5) is 0 Å². The molecule has 7 nitrogen and oxygen atoms in total. The molecular weight excluding hydrogens is 284 g/mol. The van der Waals surface area contributed by atoms with Gasteiger partial charge in [-0.3, -0.25) is 4.79 Å². The average molecular weight is 296 g/mol. The molecule has 0 spiro atoms. The van der Waals surface area contributed by atoms with E-state index in [1.165, 1.54) is 0 Å². The molecule has 20 heavy (non-hydrogen) atoms. The van der Waals surface area contributed by atoms with Gasteiger partial charge < -0.3 is 19.1 Å². The molecule has 0 bridgehead atoms. The Morgan fingerprint density at radius 1 is 1.30 bits per heavy atom. The van der Waals surface area contributed by atoms with Crippen molar-refractivity contribution >= 4 is 17.7 Å². The number of rotatable bonds is 6. The van der Waals surface area contributed by atoms with Gasteiger partial charge in [-0.15, -0.1) is 0 Å². The normalized spacial score (nSPS) is 10.3. The van der Waals surface area contributed by atoms with E-state index in [-0.39, 0.29) is 11.0 Å². The monoisotopic (exact) mass is 296 g/mol. The second kappa shape index (κ2) is 6.29. The summed E-state index contributed by atoms with van der Waals surface area (Å²) < 4.78 is 15.3. The molecule has 0 aliphatic heterocycles. The maximum atomic E-state index is 10.5. The molecule has 8 heteroatoms. The minimum atomic E-state index is -0.946. The highest BCUT2D eigenvalue weighted by Crippen LogP contribution is 2.29. The van der Waals surface area contributed by atoms with E-state index in [4.69, 9.17) is 19.1 Å². The molecule has 0 amide bonds. The summed E-state index contributed by atoms with van der Waals surface area (Å²) in [5.41, 5.74) is 0.659. The van der Waals surface area contributed by atoms with E-state index in [1.54, 1.807) is 32.4 Å². The van der Waals surface area contributed by atoms with Gasteiger partial charge in [-0.25, -0.2) is 0 Å². The van der Waals surface area contributed by atoms with Crippen molar-refractivity contribution in [3.05, 3.63) is 18.2 Å². The molecule has 0 saturated carbocycles. The number of ether oxygens (including phenoxy) is 2. The van der Waals surface area contributed by atoms with E-state index >= 15 is 0 Å². The summed E-state index contributed by atoms with van der Waals surface area (Å²) in [6, 6.07) is 5.20. The van der Waals surface area contributed by atoms with Crippen LogP contribution in [0.2, 0.25) is 0 Å². The third-order valence-electron chi connectivity index (χ3n) is 2.34.